The second-order valence-corrected chi connectivity index (χ2v) is 3.10. The zero-order chi connectivity index (χ0) is 12.0. The molecule has 2 N–H and O–H groups in total. The average Bonchev–Trinajstić information content (AvgIpc) is 2.24. The standard InChI is InChI=1S/C12H10O4/c13-11(14)10(12(15)16)8-4-7-9-5-2-1-3-6-9/h1-3,5-6,10H,8H2,(H,13,14)(H,15,16). The highest BCUT2D eigenvalue weighted by Gasteiger charge is 2.24. The monoisotopic (exact) mass is 218 g/mol. The van der Waals surface area contributed by atoms with Crippen molar-refractivity contribution in [2.24, 2.45) is 5.92 Å². The number of aliphatic carboxylic acids is 2. The smallest absolute Gasteiger partial charge is 0.318 e. The molecule has 0 radical (unpaired) electrons. The summed E-state index contributed by atoms with van der Waals surface area (Å²) in [5.74, 6) is 1.07. The summed E-state index contributed by atoms with van der Waals surface area (Å²) in [6, 6.07) is 8.97. The van der Waals surface area contributed by atoms with Crippen molar-refractivity contribution in [3.8, 4) is 11.8 Å². The highest BCUT2D eigenvalue weighted by atomic mass is 16.4. The molecule has 0 atom stereocenters. The van der Waals surface area contributed by atoms with Crippen molar-refractivity contribution in [3.05, 3.63) is 35.9 Å². The molecule has 0 unspecified atom stereocenters. The predicted molar refractivity (Wildman–Crippen MR) is 56.7 cm³/mol. The van der Waals surface area contributed by atoms with Gasteiger partial charge in [0.2, 0.25) is 0 Å². The molecule has 0 saturated carbocycles. The second-order valence-electron chi connectivity index (χ2n) is 3.10. The fourth-order valence-electron chi connectivity index (χ4n) is 1.06. The summed E-state index contributed by atoms with van der Waals surface area (Å²) in [4.78, 5) is 21.1. The van der Waals surface area contributed by atoms with E-state index in [9.17, 15) is 9.59 Å². The fraction of sp³-hybridized carbons (Fsp3) is 0.167. The molecule has 0 saturated heterocycles. The summed E-state index contributed by atoms with van der Waals surface area (Å²) in [7, 11) is 0. The van der Waals surface area contributed by atoms with Crippen LogP contribution in [0.1, 0.15) is 12.0 Å². The Balaban J connectivity index is 2.67. The van der Waals surface area contributed by atoms with Crippen molar-refractivity contribution in [2.45, 2.75) is 6.42 Å². The van der Waals surface area contributed by atoms with Crippen molar-refractivity contribution in [1.29, 1.82) is 0 Å². The minimum atomic E-state index is -1.46. The van der Waals surface area contributed by atoms with Crippen LogP contribution in [0.3, 0.4) is 0 Å². The Bertz CT molecular complexity index is 425. The lowest BCUT2D eigenvalue weighted by Crippen LogP contribution is -2.22. The molecule has 0 aliphatic rings. The van der Waals surface area contributed by atoms with Gasteiger partial charge in [-0.2, -0.15) is 0 Å². The molecular formula is C12H10O4. The van der Waals surface area contributed by atoms with Gasteiger partial charge in [0, 0.05) is 12.0 Å². The molecule has 4 heteroatoms. The lowest BCUT2D eigenvalue weighted by atomic mass is 10.1. The Morgan fingerprint density at radius 1 is 1.12 bits per heavy atom. The molecule has 16 heavy (non-hydrogen) atoms. The maximum atomic E-state index is 10.5. The Morgan fingerprint density at radius 2 is 1.69 bits per heavy atom. The highest BCUT2D eigenvalue weighted by molar-refractivity contribution is 5.93. The van der Waals surface area contributed by atoms with Gasteiger partial charge in [0.15, 0.2) is 5.92 Å². The normalized spacial score (nSPS) is 9.31. The molecule has 0 spiro atoms. The lowest BCUT2D eigenvalue weighted by molar-refractivity contribution is -0.154. The van der Waals surface area contributed by atoms with E-state index in [1.165, 1.54) is 0 Å². The quantitative estimate of drug-likeness (QED) is 0.590. The number of carboxylic acid groups (broad SMARTS) is 2. The molecule has 0 bridgehead atoms. The van der Waals surface area contributed by atoms with E-state index in [4.69, 9.17) is 10.2 Å². The van der Waals surface area contributed by atoms with E-state index < -0.39 is 17.9 Å². The number of hydrogen-bond acceptors (Lipinski definition) is 2. The van der Waals surface area contributed by atoms with E-state index in [1.807, 2.05) is 6.07 Å². The molecule has 0 aliphatic heterocycles. The second kappa shape index (κ2) is 5.56. The summed E-state index contributed by atoms with van der Waals surface area (Å²) in [5, 5.41) is 17.2. The first-order valence-electron chi connectivity index (χ1n) is 4.61. The lowest BCUT2D eigenvalue weighted by Gasteiger charge is -2.00. The van der Waals surface area contributed by atoms with E-state index in [0.717, 1.165) is 5.56 Å². The minimum Gasteiger partial charge on any atom is -0.481 e. The summed E-state index contributed by atoms with van der Waals surface area (Å²) in [6.07, 6.45) is -0.195. The van der Waals surface area contributed by atoms with Crippen LogP contribution < -0.4 is 0 Å². The van der Waals surface area contributed by atoms with Gasteiger partial charge in [-0.1, -0.05) is 30.0 Å². The Hall–Kier alpha value is -2.28. The van der Waals surface area contributed by atoms with Crippen molar-refractivity contribution in [1.82, 2.24) is 0 Å². The van der Waals surface area contributed by atoms with E-state index in [1.54, 1.807) is 24.3 Å². The van der Waals surface area contributed by atoms with Gasteiger partial charge in [0.25, 0.3) is 0 Å². The molecule has 0 fully saturated rings. The van der Waals surface area contributed by atoms with Crippen molar-refractivity contribution in [3.63, 3.8) is 0 Å². The van der Waals surface area contributed by atoms with E-state index >= 15 is 0 Å². The maximum Gasteiger partial charge on any atom is 0.318 e. The predicted octanol–water partition coefficient (Wildman–Crippen LogP) is 1.21. The first kappa shape index (κ1) is 11.8. The minimum absolute atomic E-state index is 0.195. The van der Waals surface area contributed by atoms with Gasteiger partial charge >= 0.3 is 11.9 Å². The summed E-state index contributed by atoms with van der Waals surface area (Å²) in [5.41, 5.74) is 0.733. The van der Waals surface area contributed by atoms with Crippen LogP contribution in [0.4, 0.5) is 0 Å². The number of rotatable bonds is 3. The van der Waals surface area contributed by atoms with Crippen LogP contribution in [0, 0.1) is 17.8 Å². The molecule has 0 aromatic heterocycles. The van der Waals surface area contributed by atoms with Gasteiger partial charge < -0.3 is 10.2 Å². The third-order valence-electron chi connectivity index (χ3n) is 1.91. The molecule has 1 aromatic carbocycles. The molecule has 82 valence electrons. The molecule has 1 aromatic rings. The number of carboxylic acids is 2. The molecule has 0 aliphatic carbocycles. The Labute approximate surface area is 92.5 Å². The Morgan fingerprint density at radius 3 is 2.19 bits per heavy atom. The molecule has 0 heterocycles. The topological polar surface area (TPSA) is 74.6 Å². The highest BCUT2D eigenvalue weighted by Crippen LogP contribution is 2.03. The molecule has 4 nitrogen and oxygen atoms in total. The third kappa shape index (κ3) is 3.46. The summed E-state index contributed by atoms with van der Waals surface area (Å²) in [6.45, 7) is 0. The van der Waals surface area contributed by atoms with E-state index in [-0.39, 0.29) is 6.42 Å². The van der Waals surface area contributed by atoms with Gasteiger partial charge in [0.05, 0.1) is 0 Å². The van der Waals surface area contributed by atoms with Crippen molar-refractivity contribution >= 4 is 11.9 Å². The van der Waals surface area contributed by atoms with Gasteiger partial charge in [0.1, 0.15) is 0 Å². The van der Waals surface area contributed by atoms with Crippen LogP contribution in [-0.2, 0) is 9.59 Å². The SMILES string of the molecule is O=C(O)C(CC#Cc1ccccc1)C(=O)O. The van der Waals surface area contributed by atoms with Crippen LogP contribution in [0.15, 0.2) is 30.3 Å². The van der Waals surface area contributed by atoms with E-state index in [2.05, 4.69) is 11.8 Å². The van der Waals surface area contributed by atoms with Gasteiger partial charge in [-0.15, -0.1) is 0 Å². The molecular weight excluding hydrogens is 208 g/mol. The number of benzene rings is 1. The van der Waals surface area contributed by atoms with Crippen LogP contribution in [-0.4, -0.2) is 22.2 Å². The van der Waals surface area contributed by atoms with Gasteiger partial charge in [-0.25, -0.2) is 0 Å². The number of carbonyl (C=O) groups is 2. The maximum absolute atomic E-state index is 10.5. The largest absolute Gasteiger partial charge is 0.481 e. The van der Waals surface area contributed by atoms with Crippen LogP contribution in [0.25, 0.3) is 0 Å². The van der Waals surface area contributed by atoms with Crippen molar-refractivity contribution < 1.29 is 19.8 Å². The zero-order valence-electron chi connectivity index (χ0n) is 8.38. The molecule has 0 amide bonds. The number of hydrogen-bond donors (Lipinski definition) is 2. The first-order chi connectivity index (χ1) is 7.61. The summed E-state index contributed by atoms with van der Waals surface area (Å²) >= 11 is 0. The third-order valence-corrected chi connectivity index (χ3v) is 1.91. The van der Waals surface area contributed by atoms with Crippen molar-refractivity contribution in [2.75, 3.05) is 0 Å². The van der Waals surface area contributed by atoms with Gasteiger partial charge in [-0.3, -0.25) is 9.59 Å². The Kier molecular flexibility index (Phi) is 4.10. The summed E-state index contributed by atoms with van der Waals surface area (Å²) < 4.78 is 0. The van der Waals surface area contributed by atoms with Crippen LogP contribution >= 0.6 is 0 Å². The zero-order valence-corrected chi connectivity index (χ0v) is 8.38. The first-order valence-corrected chi connectivity index (χ1v) is 4.61. The fourth-order valence-corrected chi connectivity index (χ4v) is 1.06. The molecule has 1 rings (SSSR count). The van der Waals surface area contributed by atoms with E-state index in [0.29, 0.717) is 0 Å². The van der Waals surface area contributed by atoms with Crippen LogP contribution in [0.5, 0.6) is 0 Å². The van der Waals surface area contributed by atoms with Gasteiger partial charge in [-0.05, 0) is 12.1 Å². The van der Waals surface area contributed by atoms with Crippen LogP contribution in [0.2, 0.25) is 0 Å². The average molecular weight is 218 g/mol.